The number of hydrogen-bond acceptors (Lipinski definition) is 7. The fraction of sp³-hybridized carbons (Fsp3) is 0.450. The standard InChI is InChI=1S/C20H21ClO7/c1-9(2)25-20(24)28-11(4)27-19(23)15-8-14(15)17(22)12-6-13-5-10(3)26-18(13)16(21)7-12/h5-7,9,11,14-15H,8H2,1-4H3/t11?,14-,15-/m0/s1. The SMILES string of the molecule is Cc1cc2cc(C(=O)[C@H]3C[C@@H]3C(=O)OC(C)OC(=O)OC(C)C)cc(Cl)c2o1. The molecule has 1 aromatic carbocycles. The van der Waals surface area contributed by atoms with Gasteiger partial charge in [-0.3, -0.25) is 9.59 Å². The number of fused-ring (bicyclic) bond motifs is 1. The van der Waals surface area contributed by atoms with Crippen molar-refractivity contribution in [3.05, 3.63) is 34.5 Å². The monoisotopic (exact) mass is 408 g/mol. The lowest BCUT2D eigenvalue weighted by Crippen LogP contribution is -2.25. The van der Waals surface area contributed by atoms with Crippen LogP contribution in [0, 0.1) is 18.8 Å². The molecule has 1 fully saturated rings. The first kappa shape index (κ1) is 20.2. The summed E-state index contributed by atoms with van der Waals surface area (Å²) in [6.07, 6.45) is -1.99. The van der Waals surface area contributed by atoms with E-state index in [1.165, 1.54) is 6.92 Å². The van der Waals surface area contributed by atoms with E-state index in [0.717, 1.165) is 5.39 Å². The third-order valence-corrected chi connectivity index (χ3v) is 4.57. The Kier molecular flexibility index (Phi) is 5.65. The zero-order valence-electron chi connectivity index (χ0n) is 16.0. The molecule has 2 aromatic rings. The van der Waals surface area contributed by atoms with Crippen LogP contribution in [-0.4, -0.2) is 30.3 Å². The Morgan fingerprint density at radius 1 is 1.07 bits per heavy atom. The molecule has 28 heavy (non-hydrogen) atoms. The van der Waals surface area contributed by atoms with Crippen molar-refractivity contribution in [3.8, 4) is 0 Å². The van der Waals surface area contributed by atoms with Crippen molar-refractivity contribution >= 4 is 40.5 Å². The van der Waals surface area contributed by atoms with Gasteiger partial charge in [0.25, 0.3) is 0 Å². The van der Waals surface area contributed by atoms with E-state index in [9.17, 15) is 14.4 Å². The van der Waals surface area contributed by atoms with Crippen LogP contribution in [0.3, 0.4) is 0 Å². The number of rotatable bonds is 6. The maximum absolute atomic E-state index is 12.7. The second-order valence-corrected chi connectivity index (χ2v) is 7.49. The second kappa shape index (κ2) is 7.83. The Hall–Kier alpha value is -2.54. The summed E-state index contributed by atoms with van der Waals surface area (Å²) in [6, 6.07) is 5.05. The molecule has 1 aliphatic rings. The Labute approximate surface area is 166 Å². The minimum atomic E-state index is -1.10. The lowest BCUT2D eigenvalue weighted by molar-refractivity contribution is -0.170. The van der Waals surface area contributed by atoms with Gasteiger partial charge in [0.1, 0.15) is 5.76 Å². The van der Waals surface area contributed by atoms with Crippen LogP contribution in [0.25, 0.3) is 11.0 Å². The molecule has 1 saturated carbocycles. The number of hydrogen-bond donors (Lipinski definition) is 0. The molecule has 8 heteroatoms. The largest absolute Gasteiger partial charge is 0.511 e. The number of ether oxygens (including phenoxy) is 3. The third-order valence-electron chi connectivity index (χ3n) is 4.28. The van der Waals surface area contributed by atoms with Gasteiger partial charge < -0.3 is 18.6 Å². The summed E-state index contributed by atoms with van der Waals surface area (Å²) in [4.78, 5) is 36.3. The highest BCUT2D eigenvalue weighted by atomic mass is 35.5. The predicted octanol–water partition coefficient (Wildman–Crippen LogP) is 4.66. The van der Waals surface area contributed by atoms with Crippen LogP contribution in [0.2, 0.25) is 5.02 Å². The summed E-state index contributed by atoms with van der Waals surface area (Å²) < 4.78 is 20.2. The lowest BCUT2D eigenvalue weighted by Gasteiger charge is -2.15. The van der Waals surface area contributed by atoms with Crippen molar-refractivity contribution in [2.75, 3.05) is 0 Å². The molecule has 0 spiro atoms. The average Bonchev–Trinajstić information content (AvgIpc) is 3.28. The van der Waals surface area contributed by atoms with Gasteiger partial charge in [-0.1, -0.05) is 11.6 Å². The van der Waals surface area contributed by atoms with Gasteiger partial charge in [-0.25, -0.2) is 4.79 Å². The molecule has 3 atom stereocenters. The number of halogens is 1. The van der Waals surface area contributed by atoms with E-state index in [2.05, 4.69) is 0 Å². The van der Waals surface area contributed by atoms with Crippen LogP contribution in [0.1, 0.15) is 43.3 Å². The van der Waals surface area contributed by atoms with E-state index < -0.39 is 30.3 Å². The minimum Gasteiger partial charge on any atom is -0.460 e. The maximum atomic E-state index is 12.7. The number of benzene rings is 1. The van der Waals surface area contributed by atoms with Gasteiger partial charge in [-0.15, -0.1) is 0 Å². The number of Topliss-reactive ketones (excluding diaryl/α,β-unsaturated/α-hetero) is 1. The predicted molar refractivity (Wildman–Crippen MR) is 100 cm³/mol. The van der Waals surface area contributed by atoms with Gasteiger partial charge in [0.2, 0.25) is 6.29 Å². The van der Waals surface area contributed by atoms with Gasteiger partial charge in [0.15, 0.2) is 11.4 Å². The van der Waals surface area contributed by atoms with Gasteiger partial charge in [0.05, 0.1) is 17.0 Å². The van der Waals surface area contributed by atoms with Crippen molar-refractivity contribution in [2.45, 2.75) is 46.5 Å². The van der Waals surface area contributed by atoms with Gasteiger partial charge >= 0.3 is 12.1 Å². The van der Waals surface area contributed by atoms with Gasteiger partial charge in [0, 0.05) is 23.8 Å². The van der Waals surface area contributed by atoms with Crippen molar-refractivity contribution in [3.63, 3.8) is 0 Å². The van der Waals surface area contributed by atoms with Crippen LogP contribution in [0.5, 0.6) is 0 Å². The zero-order chi connectivity index (χ0) is 20.6. The summed E-state index contributed by atoms with van der Waals surface area (Å²) >= 11 is 6.20. The molecule has 1 unspecified atom stereocenters. The molecule has 150 valence electrons. The van der Waals surface area contributed by atoms with Crippen molar-refractivity contribution < 1.29 is 33.0 Å². The summed E-state index contributed by atoms with van der Waals surface area (Å²) in [5, 5.41) is 1.08. The van der Waals surface area contributed by atoms with E-state index >= 15 is 0 Å². The number of esters is 1. The Bertz CT molecular complexity index is 930. The third kappa shape index (κ3) is 4.47. The molecule has 0 N–H and O–H groups in total. The van der Waals surface area contributed by atoms with E-state index in [1.54, 1.807) is 39.0 Å². The van der Waals surface area contributed by atoms with Crippen molar-refractivity contribution in [1.29, 1.82) is 0 Å². The average molecular weight is 409 g/mol. The second-order valence-electron chi connectivity index (χ2n) is 7.09. The van der Waals surface area contributed by atoms with Crippen molar-refractivity contribution in [2.24, 2.45) is 11.8 Å². The molecule has 1 aliphatic carbocycles. The van der Waals surface area contributed by atoms with Crippen molar-refractivity contribution in [1.82, 2.24) is 0 Å². The molecule has 0 amide bonds. The summed E-state index contributed by atoms with van der Waals surface area (Å²) in [7, 11) is 0. The summed E-state index contributed by atoms with van der Waals surface area (Å²) in [6.45, 7) is 6.55. The molecule has 7 nitrogen and oxygen atoms in total. The van der Waals surface area contributed by atoms with E-state index in [4.69, 9.17) is 30.2 Å². The first-order valence-corrected chi connectivity index (χ1v) is 9.35. The van der Waals surface area contributed by atoms with Crippen LogP contribution in [-0.2, 0) is 19.0 Å². The van der Waals surface area contributed by atoms with Gasteiger partial charge in [-0.05, 0) is 45.4 Å². The number of ketones is 1. The first-order valence-electron chi connectivity index (χ1n) is 8.97. The molecule has 3 rings (SSSR count). The fourth-order valence-corrected chi connectivity index (χ4v) is 3.24. The molecule has 1 heterocycles. The molecule has 0 saturated heterocycles. The first-order chi connectivity index (χ1) is 13.2. The molecule has 0 bridgehead atoms. The summed E-state index contributed by atoms with van der Waals surface area (Å²) in [5.74, 6) is -1.13. The van der Waals surface area contributed by atoms with Crippen LogP contribution in [0.4, 0.5) is 4.79 Å². The smallest absolute Gasteiger partial charge is 0.460 e. The van der Waals surface area contributed by atoms with Crippen LogP contribution < -0.4 is 0 Å². The lowest BCUT2D eigenvalue weighted by atomic mass is 10.0. The number of furan rings is 1. The normalized spacial score (nSPS) is 19.4. The zero-order valence-corrected chi connectivity index (χ0v) is 16.7. The number of carbonyl (C=O) groups is 3. The highest BCUT2D eigenvalue weighted by molar-refractivity contribution is 6.35. The number of carbonyl (C=O) groups excluding carboxylic acids is 3. The molecular formula is C20H21ClO7. The summed E-state index contributed by atoms with van der Waals surface area (Å²) in [5.41, 5.74) is 0.949. The quantitative estimate of drug-likeness (QED) is 0.389. The van der Waals surface area contributed by atoms with Gasteiger partial charge in [-0.2, -0.15) is 0 Å². The van der Waals surface area contributed by atoms with Crippen LogP contribution in [0.15, 0.2) is 22.6 Å². The molecule has 1 aromatic heterocycles. The van der Waals surface area contributed by atoms with E-state index in [0.29, 0.717) is 28.4 Å². The highest BCUT2D eigenvalue weighted by Gasteiger charge is 2.49. The highest BCUT2D eigenvalue weighted by Crippen LogP contribution is 2.43. The minimum absolute atomic E-state index is 0.183. The topological polar surface area (TPSA) is 92.0 Å². The Morgan fingerprint density at radius 2 is 1.79 bits per heavy atom. The number of aryl methyl sites for hydroxylation is 1. The maximum Gasteiger partial charge on any atom is 0.511 e. The Balaban J connectivity index is 1.59. The fourth-order valence-electron chi connectivity index (χ4n) is 2.97. The van der Waals surface area contributed by atoms with E-state index in [1.807, 2.05) is 0 Å². The Morgan fingerprint density at radius 3 is 2.46 bits per heavy atom. The molecule has 0 aliphatic heterocycles. The van der Waals surface area contributed by atoms with E-state index in [-0.39, 0.29) is 11.9 Å². The molecular weight excluding hydrogens is 388 g/mol. The van der Waals surface area contributed by atoms with Crippen LogP contribution >= 0.6 is 11.6 Å². The molecule has 0 radical (unpaired) electrons.